The van der Waals surface area contributed by atoms with Gasteiger partial charge >= 0.3 is 6.18 Å². The molecule has 1 aromatic heterocycles. The molecule has 14 heavy (non-hydrogen) atoms. The smallest absolute Gasteiger partial charge is 0.384 e. The van der Waals surface area contributed by atoms with E-state index in [1.807, 2.05) is 0 Å². The Bertz CT molecular complexity index is 301. The minimum Gasteiger partial charge on any atom is -0.384 e. The lowest BCUT2D eigenvalue weighted by atomic mass is 10.3. The Kier molecular flexibility index (Phi) is 3.29. The van der Waals surface area contributed by atoms with Gasteiger partial charge in [0.2, 0.25) is 0 Å². The second-order valence-electron chi connectivity index (χ2n) is 2.70. The van der Waals surface area contributed by atoms with Gasteiger partial charge in [0, 0.05) is 6.20 Å². The number of hydrogen-bond acceptors (Lipinski definition) is 3. The molecule has 78 valence electrons. The average molecular weight is 206 g/mol. The fourth-order valence-corrected chi connectivity index (χ4v) is 0.869. The number of nitrogens with two attached hydrogens (primary N) is 1. The molecule has 0 saturated heterocycles. The van der Waals surface area contributed by atoms with Crippen LogP contribution in [0.15, 0.2) is 18.3 Å². The van der Waals surface area contributed by atoms with Crippen LogP contribution in [0.3, 0.4) is 0 Å². The summed E-state index contributed by atoms with van der Waals surface area (Å²) < 4.78 is 39.5. The highest BCUT2D eigenvalue weighted by Gasteiger charge is 2.27. The molecule has 0 aromatic carbocycles. The summed E-state index contributed by atoms with van der Waals surface area (Å²) in [6.45, 7) is -1.37. The van der Waals surface area contributed by atoms with E-state index >= 15 is 0 Å². The Morgan fingerprint density at radius 1 is 1.43 bits per heavy atom. The largest absolute Gasteiger partial charge is 0.411 e. The maximum Gasteiger partial charge on any atom is 0.411 e. The van der Waals surface area contributed by atoms with Crippen molar-refractivity contribution in [2.75, 3.05) is 12.3 Å². The van der Waals surface area contributed by atoms with E-state index in [0.29, 0.717) is 5.56 Å². The highest BCUT2D eigenvalue weighted by atomic mass is 19.4. The number of pyridine rings is 1. The van der Waals surface area contributed by atoms with Crippen molar-refractivity contribution in [2.45, 2.75) is 12.8 Å². The quantitative estimate of drug-likeness (QED) is 0.819. The molecule has 0 spiro atoms. The molecule has 0 aliphatic heterocycles. The van der Waals surface area contributed by atoms with Gasteiger partial charge in [-0.1, -0.05) is 0 Å². The van der Waals surface area contributed by atoms with Crippen LogP contribution >= 0.6 is 0 Å². The lowest BCUT2D eigenvalue weighted by molar-refractivity contribution is -0.176. The van der Waals surface area contributed by atoms with E-state index in [4.69, 9.17) is 5.73 Å². The maximum atomic E-state index is 11.7. The van der Waals surface area contributed by atoms with Gasteiger partial charge in [-0.25, -0.2) is 4.98 Å². The Labute approximate surface area is 78.7 Å². The number of rotatable bonds is 3. The second kappa shape index (κ2) is 4.28. The van der Waals surface area contributed by atoms with Crippen LogP contribution in [0.5, 0.6) is 0 Å². The fraction of sp³-hybridized carbons (Fsp3) is 0.375. The van der Waals surface area contributed by atoms with Crippen LogP contribution in [0, 0.1) is 0 Å². The van der Waals surface area contributed by atoms with Gasteiger partial charge in [0.1, 0.15) is 12.4 Å². The molecule has 6 heteroatoms. The van der Waals surface area contributed by atoms with Crippen LogP contribution in [0.25, 0.3) is 0 Å². The Hall–Kier alpha value is -1.30. The summed E-state index contributed by atoms with van der Waals surface area (Å²) in [6, 6.07) is 3.02. The van der Waals surface area contributed by atoms with Gasteiger partial charge in [-0.3, -0.25) is 0 Å². The molecule has 0 saturated carbocycles. The van der Waals surface area contributed by atoms with E-state index in [1.54, 1.807) is 6.07 Å². The van der Waals surface area contributed by atoms with Crippen LogP contribution in [0.4, 0.5) is 19.0 Å². The third-order valence-electron chi connectivity index (χ3n) is 1.38. The lowest BCUT2D eigenvalue weighted by Gasteiger charge is -2.07. The summed E-state index contributed by atoms with van der Waals surface area (Å²) in [4.78, 5) is 3.70. The van der Waals surface area contributed by atoms with Crippen LogP contribution < -0.4 is 5.73 Å². The van der Waals surface area contributed by atoms with Gasteiger partial charge in [0.15, 0.2) is 0 Å². The van der Waals surface area contributed by atoms with Crippen molar-refractivity contribution < 1.29 is 17.9 Å². The zero-order chi connectivity index (χ0) is 10.6. The van der Waals surface area contributed by atoms with Crippen LogP contribution in [0.1, 0.15) is 5.56 Å². The highest BCUT2D eigenvalue weighted by Crippen LogP contribution is 2.15. The van der Waals surface area contributed by atoms with Gasteiger partial charge in [0.05, 0.1) is 6.61 Å². The van der Waals surface area contributed by atoms with Crippen LogP contribution in [0.2, 0.25) is 0 Å². The predicted molar refractivity (Wildman–Crippen MR) is 44.4 cm³/mol. The first-order valence-corrected chi connectivity index (χ1v) is 3.82. The van der Waals surface area contributed by atoms with Crippen LogP contribution in [-0.4, -0.2) is 17.8 Å². The second-order valence-corrected chi connectivity index (χ2v) is 2.70. The predicted octanol–water partition coefficient (Wildman–Crippen LogP) is 1.74. The van der Waals surface area contributed by atoms with Crippen molar-refractivity contribution in [1.29, 1.82) is 0 Å². The minimum atomic E-state index is -4.29. The molecule has 0 fully saturated rings. The summed E-state index contributed by atoms with van der Waals surface area (Å²) in [7, 11) is 0. The number of alkyl halides is 3. The number of aromatic nitrogens is 1. The molecule has 0 atom stereocenters. The number of nitrogen functional groups attached to an aromatic ring is 1. The zero-order valence-electron chi connectivity index (χ0n) is 7.21. The highest BCUT2D eigenvalue weighted by molar-refractivity contribution is 5.31. The summed E-state index contributed by atoms with van der Waals surface area (Å²) in [5.74, 6) is 0.262. The molecule has 1 heterocycles. The van der Waals surface area contributed by atoms with Crippen molar-refractivity contribution in [3.8, 4) is 0 Å². The van der Waals surface area contributed by atoms with Crippen molar-refractivity contribution in [3.05, 3.63) is 23.9 Å². The number of nitrogens with zero attached hydrogens (tertiary/aromatic N) is 1. The van der Waals surface area contributed by atoms with E-state index in [-0.39, 0.29) is 12.4 Å². The van der Waals surface area contributed by atoms with Crippen LogP contribution in [-0.2, 0) is 11.3 Å². The molecular formula is C8H9F3N2O. The van der Waals surface area contributed by atoms with Gasteiger partial charge in [-0.2, -0.15) is 13.2 Å². The lowest BCUT2D eigenvalue weighted by Crippen LogP contribution is -2.16. The SMILES string of the molecule is Nc1cc(COCC(F)(F)F)ccn1. The van der Waals surface area contributed by atoms with E-state index in [9.17, 15) is 13.2 Å². The van der Waals surface area contributed by atoms with Gasteiger partial charge < -0.3 is 10.5 Å². The van der Waals surface area contributed by atoms with E-state index in [1.165, 1.54) is 12.3 Å². The first-order chi connectivity index (χ1) is 6.47. The van der Waals surface area contributed by atoms with Gasteiger partial charge in [0.25, 0.3) is 0 Å². The van der Waals surface area contributed by atoms with E-state index in [2.05, 4.69) is 9.72 Å². The summed E-state index contributed by atoms with van der Waals surface area (Å²) in [5.41, 5.74) is 5.90. The van der Waals surface area contributed by atoms with E-state index < -0.39 is 12.8 Å². The molecule has 1 aromatic rings. The standard InChI is InChI=1S/C8H9F3N2O/c9-8(10,11)5-14-4-6-1-2-13-7(12)3-6/h1-3H,4-5H2,(H2,12,13). The molecule has 0 radical (unpaired) electrons. The van der Waals surface area contributed by atoms with Crippen molar-refractivity contribution in [2.24, 2.45) is 0 Å². The number of hydrogen-bond donors (Lipinski definition) is 1. The Morgan fingerprint density at radius 3 is 2.71 bits per heavy atom. The number of anilines is 1. The fourth-order valence-electron chi connectivity index (χ4n) is 0.869. The first kappa shape index (κ1) is 10.8. The third kappa shape index (κ3) is 4.08. The topological polar surface area (TPSA) is 48.1 Å². The molecule has 1 rings (SSSR count). The zero-order valence-corrected chi connectivity index (χ0v) is 7.21. The Balaban J connectivity index is 2.39. The molecule has 0 aliphatic carbocycles. The summed E-state index contributed by atoms with van der Waals surface area (Å²) in [6.07, 6.45) is -2.87. The van der Waals surface area contributed by atoms with Crippen molar-refractivity contribution >= 4 is 5.82 Å². The first-order valence-electron chi connectivity index (χ1n) is 3.82. The van der Waals surface area contributed by atoms with Gasteiger partial charge in [-0.15, -0.1) is 0 Å². The van der Waals surface area contributed by atoms with Crippen molar-refractivity contribution in [3.63, 3.8) is 0 Å². The molecule has 3 nitrogen and oxygen atoms in total. The minimum absolute atomic E-state index is 0.119. The van der Waals surface area contributed by atoms with Gasteiger partial charge in [-0.05, 0) is 17.7 Å². The average Bonchev–Trinajstić information content (AvgIpc) is 2.01. The molecule has 0 bridgehead atoms. The normalized spacial score (nSPS) is 11.6. The number of ether oxygens (including phenoxy) is 1. The molecular weight excluding hydrogens is 197 g/mol. The molecule has 2 N–H and O–H groups in total. The molecule has 0 unspecified atom stereocenters. The monoisotopic (exact) mass is 206 g/mol. The van der Waals surface area contributed by atoms with E-state index in [0.717, 1.165) is 0 Å². The summed E-state index contributed by atoms with van der Waals surface area (Å²) in [5, 5.41) is 0. The van der Waals surface area contributed by atoms with Crippen molar-refractivity contribution in [1.82, 2.24) is 4.98 Å². The third-order valence-corrected chi connectivity index (χ3v) is 1.38. The molecule has 0 aliphatic rings. The maximum absolute atomic E-state index is 11.7. The Morgan fingerprint density at radius 2 is 2.14 bits per heavy atom. The summed E-state index contributed by atoms with van der Waals surface area (Å²) >= 11 is 0. The molecule has 0 amide bonds. The number of halogens is 3.